The van der Waals surface area contributed by atoms with Crippen molar-refractivity contribution in [1.29, 1.82) is 0 Å². The first kappa shape index (κ1) is 21.0. The molecule has 166 valence electrons. The molecule has 33 heavy (non-hydrogen) atoms. The molecule has 1 aliphatic heterocycles. The number of anilines is 1. The minimum atomic E-state index is -0.542. The fourth-order valence-corrected chi connectivity index (χ4v) is 5.12. The summed E-state index contributed by atoms with van der Waals surface area (Å²) in [5, 5.41) is 4.23. The predicted octanol–water partition coefficient (Wildman–Crippen LogP) is 5.29. The summed E-state index contributed by atoms with van der Waals surface area (Å²) in [5.41, 5.74) is 5.30. The highest BCUT2D eigenvalue weighted by molar-refractivity contribution is 6.05. The molecule has 0 saturated heterocycles. The Hall–Kier alpha value is -3.86. The quantitative estimate of drug-likeness (QED) is 0.472. The van der Waals surface area contributed by atoms with Gasteiger partial charge in [-0.15, -0.1) is 0 Å². The number of para-hydroxylation sites is 2. The van der Waals surface area contributed by atoms with E-state index in [1.807, 2.05) is 73.9 Å². The minimum absolute atomic E-state index is 0.0680. The van der Waals surface area contributed by atoms with Crippen LogP contribution >= 0.6 is 0 Å². The van der Waals surface area contributed by atoms with Gasteiger partial charge in [-0.25, -0.2) is 0 Å². The Morgan fingerprint density at radius 3 is 2.42 bits per heavy atom. The molecule has 2 amide bonds. The number of carbonyl (C=O) groups is 2. The Balaban J connectivity index is 1.68. The SMILES string of the molecule is CCc1ccccc1NC(=O)[C@H]1c2ccccc2C(=O)N(C)[C@H]1c1cn(C)c2ccccc12. The molecular formula is C28H27N3O2. The number of nitrogens with one attached hydrogen (secondary N) is 1. The van der Waals surface area contributed by atoms with Gasteiger partial charge < -0.3 is 14.8 Å². The van der Waals surface area contributed by atoms with E-state index in [1.54, 1.807) is 11.9 Å². The van der Waals surface area contributed by atoms with Crippen LogP contribution in [0.15, 0.2) is 79.0 Å². The molecular weight excluding hydrogens is 410 g/mol. The second-order valence-corrected chi connectivity index (χ2v) is 8.64. The van der Waals surface area contributed by atoms with Crippen molar-refractivity contribution in [2.24, 2.45) is 7.05 Å². The summed E-state index contributed by atoms with van der Waals surface area (Å²) in [6.07, 6.45) is 2.87. The molecule has 0 radical (unpaired) electrons. The van der Waals surface area contributed by atoms with E-state index in [4.69, 9.17) is 0 Å². The van der Waals surface area contributed by atoms with E-state index in [9.17, 15) is 9.59 Å². The first-order chi connectivity index (χ1) is 16.0. The highest BCUT2D eigenvalue weighted by atomic mass is 16.2. The zero-order valence-corrected chi connectivity index (χ0v) is 19.1. The van der Waals surface area contributed by atoms with Crippen molar-refractivity contribution >= 4 is 28.4 Å². The Labute approximate surface area is 193 Å². The molecule has 1 N–H and O–H groups in total. The van der Waals surface area contributed by atoms with Crippen LogP contribution < -0.4 is 5.32 Å². The van der Waals surface area contributed by atoms with Crippen LogP contribution in [0.1, 0.15) is 45.9 Å². The number of benzene rings is 3. The standard InChI is InChI=1S/C28H27N3O2/c1-4-18-11-5-9-15-23(18)29-27(32)25-20-13-6-7-14-21(20)28(33)31(3)26(25)22-17-30(2)24-16-10-8-12-19(22)24/h5-17,25-26H,4H2,1-3H3,(H,29,32)/t25-,26-/m0/s1. The van der Waals surface area contributed by atoms with E-state index >= 15 is 0 Å². The Bertz CT molecular complexity index is 1370. The van der Waals surface area contributed by atoms with Crippen LogP contribution in [0.25, 0.3) is 10.9 Å². The lowest BCUT2D eigenvalue weighted by Crippen LogP contribution is -2.44. The Morgan fingerprint density at radius 1 is 0.909 bits per heavy atom. The van der Waals surface area contributed by atoms with Crippen molar-refractivity contribution in [3.05, 3.63) is 101 Å². The largest absolute Gasteiger partial charge is 0.350 e. The molecule has 0 aliphatic carbocycles. The summed E-state index contributed by atoms with van der Waals surface area (Å²) < 4.78 is 2.06. The molecule has 2 heterocycles. The van der Waals surface area contributed by atoms with Crippen molar-refractivity contribution in [3.8, 4) is 0 Å². The predicted molar refractivity (Wildman–Crippen MR) is 131 cm³/mol. The highest BCUT2D eigenvalue weighted by Gasteiger charge is 2.43. The van der Waals surface area contributed by atoms with Gasteiger partial charge in [-0.1, -0.05) is 61.5 Å². The topological polar surface area (TPSA) is 54.3 Å². The number of rotatable bonds is 4. The first-order valence-electron chi connectivity index (χ1n) is 11.3. The third-order valence-electron chi connectivity index (χ3n) is 6.76. The normalized spacial score (nSPS) is 17.8. The van der Waals surface area contributed by atoms with Gasteiger partial charge in [0.1, 0.15) is 0 Å². The van der Waals surface area contributed by atoms with E-state index in [2.05, 4.69) is 28.9 Å². The maximum atomic E-state index is 13.9. The van der Waals surface area contributed by atoms with Crippen LogP contribution in [0.5, 0.6) is 0 Å². The Kier molecular flexibility index (Phi) is 5.25. The molecule has 2 atom stereocenters. The molecule has 0 bridgehead atoms. The molecule has 1 aliphatic rings. The second kappa shape index (κ2) is 8.24. The van der Waals surface area contributed by atoms with Gasteiger partial charge in [0.25, 0.3) is 5.91 Å². The lowest BCUT2D eigenvalue weighted by atomic mass is 9.79. The van der Waals surface area contributed by atoms with E-state index in [0.29, 0.717) is 5.56 Å². The maximum absolute atomic E-state index is 13.9. The van der Waals surface area contributed by atoms with E-state index in [-0.39, 0.29) is 11.8 Å². The van der Waals surface area contributed by atoms with Gasteiger partial charge in [-0.05, 0) is 35.7 Å². The number of likely N-dealkylation sites (N-methyl/N-ethyl adjacent to an activating group) is 1. The first-order valence-corrected chi connectivity index (χ1v) is 11.3. The number of hydrogen-bond acceptors (Lipinski definition) is 2. The van der Waals surface area contributed by atoms with Gasteiger partial charge in [0.2, 0.25) is 5.91 Å². The second-order valence-electron chi connectivity index (χ2n) is 8.64. The number of aromatic nitrogens is 1. The monoisotopic (exact) mass is 437 g/mol. The lowest BCUT2D eigenvalue weighted by molar-refractivity contribution is -0.119. The summed E-state index contributed by atoms with van der Waals surface area (Å²) in [6.45, 7) is 2.08. The zero-order chi connectivity index (χ0) is 23.1. The van der Waals surface area contributed by atoms with E-state index in [1.165, 1.54) is 0 Å². The number of nitrogens with zero attached hydrogens (tertiary/aromatic N) is 2. The molecule has 0 unspecified atom stereocenters. The van der Waals surface area contributed by atoms with Crippen molar-refractivity contribution in [2.75, 3.05) is 12.4 Å². The minimum Gasteiger partial charge on any atom is -0.350 e. The van der Waals surface area contributed by atoms with Gasteiger partial charge in [-0.2, -0.15) is 0 Å². The number of carbonyl (C=O) groups excluding carboxylic acids is 2. The number of amides is 2. The van der Waals surface area contributed by atoms with Gasteiger partial charge in [0, 0.05) is 48.0 Å². The summed E-state index contributed by atoms with van der Waals surface area (Å²) in [5.74, 6) is -0.721. The van der Waals surface area contributed by atoms with Crippen molar-refractivity contribution < 1.29 is 9.59 Å². The average molecular weight is 438 g/mol. The summed E-state index contributed by atoms with van der Waals surface area (Å²) in [7, 11) is 3.79. The molecule has 0 fully saturated rings. The zero-order valence-electron chi connectivity index (χ0n) is 19.1. The van der Waals surface area contributed by atoms with Crippen LogP contribution in [0.3, 0.4) is 0 Å². The smallest absolute Gasteiger partial charge is 0.254 e. The van der Waals surface area contributed by atoms with Crippen LogP contribution in [-0.4, -0.2) is 28.3 Å². The summed E-state index contributed by atoms with van der Waals surface area (Å²) >= 11 is 0. The summed E-state index contributed by atoms with van der Waals surface area (Å²) in [6, 6.07) is 23.1. The fourth-order valence-electron chi connectivity index (χ4n) is 5.12. The average Bonchev–Trinajstić information content (AvgIpc) is 3.17. The maximum Gasteiger partial charge on any atom is 0.254 e. The molecule has 1 aromatic heterocycles. The number of aryl methyl sites for hydroxylation is 2. The number of fused-ring (bicyclic) bond motifs is 2. The highest BCUT2D eigenvalue weighted by Crippen LogP contribution is 2.45. The van der Waals surface area contributed by atoms with Crippen molar-refractivity contribution in [1.82, 2.24) is 9.47 Å². The van der Waals surface area contributed by atoms with Gasteiger partial charge in [-0.3, -0.25) is 9.59 Å². The van der Waals surface area contributed by atoms with Crippen LogP contribution in [0.2, 0.25) is 0 Å². The molecule has 5 heteroatoms. The van der Waals surface area contributed by atoms with Gasteiger partial charge >= 0.3 is 0 Å². The molecule has 0 saturated carbocycles. The molecule has 4 aromatic rings. The lowest BCUT2D eigenvalue weighted by Gasteiger charge is -2.39. The van der Waals surface area contributed by atoms with Crippen LogP contribution in [0, 0.1) is 0 Å². The molecule has 3 aromatic carbocycles. The third kappa shape index (κ3) is 3.41. The number of hydrogen-bond donors (Lipinski definition) is 1. The van der Waals surface area contributed by atoms with Gasteiger partial charge in [0.05, 0.1) is 12.0 Å². The summed E-state index contributed by atoms with van der Waals surface area (Å²) in [4.78, 5) is 29.0. The molecule has 5 nitrogen and oxygen atoms in total. The van der Waals surface area contributed by atoms with E-state index in [0.717, 1.165) is 39.7 Å². The van der Waals surface area contributed by atoms with Gasteiger partial charge in [0.15, 0.2) is 0 Å². The van der Waals surface area contributed by atoms with Crippen molar-refractivity contribution in [2.45, 2.75) is 25.3 Å². The van der Waals surface area contributed by atoms with Crippen molar-refractivity contribution in [3.63, 3.8) is 0 Å². The molecule has 5 rings (SSSR count). The van der Waals surface area contributed by atoms with Crippen LogP contribution in [0.4, 0.5) is 5.69 Å². The fraction of sp³-hybridized carbons (Fsp3) is 0.214. The van der Waals surface area contributed by atoms with E-state index < -0.39 is 12.0 Å². The Morgan fingerprint density at radius 2 is 1.61 bits per heavy atom. The van der Waals surface area contributed by atoms with Crippen LogP contribution in [-0.2, 0) is 18.3 Å². The third-order valence-corrected chi connectivity index (χ3v) is 6.76. The molecule has 0 spiro atoms.